The fourth-order valence-electron chi connectivity index (χ4n) is 2.56. The molecule has 2 heterocycles. The van der Waals surface area contributed by atoms with Gasteiger partial charge in [-0.2, -0.15) is 0 Å². The zero-order chi connectivity index (χ0) is 14.7. The fourth-order valence-corrected chi connectivity index (χ4v) is 2.56. The van der Waals surface area contributed by atoms with Crippen LogP contribution in [-0.4, -0.2) is 36.7 Å². The Balaban J connectivity index is 0.000000303. The van der Waals surface area contributed by atoms with Crippen molar-refractivity contribution in [1.29, 1.82) is 0 Å². The van der Waals surface area contributed by atoms with Crippen molar-refractivity contribution in [3.8, 4) is 0 Å². The lowest BCUT2D eigenvalue weighted by Gasteiger charge is -2.29. The van der Waals surface area contributed by atoms with Crippen molar-refractivity contribution in [3.63, 3.8) is 0 Å². The molecule has 2 nitrogen and oxygen atoms in total. The summed E-state index contributed by atoms with van der Waals surface area (Å²) in [6, 6.07) is 0.769. The number of piperidine rings is 1. The molecule has 0 amide bonds. The highest BCUT2D eigenvalue weighted by atomic mass is 16.5. The van der Waals surface area contributed by atoms with Gasteiger partial charge >= 0.3 is 0 Å². The molecule has 0 radical (unpaired) electrons. The van der Waals surface area contributed by atoms with Crippen molar-refractivity contribution >= 4 is 0 Å². The molecule has 0 bridgehead atoms. The molecule has 0 spiro atoms. The molecule has 2 heteroatoms. The lowest BCUT2D eigenvalue weighted by atomic mass is 10.1. The van der Waals surface area contributed by atoms with Gasteiger partial charge < -0.3 is 9.64 Å². The first-order valence-corrected chi connectivity index (χ1v) is 8.47. The van der Waals surface area contributed by atoms with E-state index in [1.807, 2.05) is 13.8 Å². The molecule has 0 aliphatic carbocycles. The van der Waals surface area contributed by atoms with Crippen molar-refractivity contribution in [1.82, 2.24) is 4.90 Å². The number of nitrogens with zero attached hydrogens (tertiary/aromatic N) is 1. The Kier molecular flexibility index (Phi) is 11.7. The monoisotopic (exact) mass is 271 g/mol. The standard InChI is InChI=1S/C8H17N.C7H14O.C2H6/c1-8(2)9-6-4-3-5-7-9;1-6(2)7-4-3-5-8-7;1-2/h8H,3-7H2,1-2H3;6-7H,3-5H2,1-2H3;1-2H3. The number of ether oxygens (including phenoxy) is 1. The van der Waals surface area contributed by atoms with Crippen LogP contribution in [0.4, 0.5) is 0 Å². The highest BCUT2D eigenvalue weighted by molar-refractivity contribution is 4.67. The average molecular weight is 271 g/mol. The van der Waals surface area contributed by atoms with E-state index in [4.69, 9.17) is 4.74 Å². The van der Waals surface area contributed by atoms with E-state index in [0.29, 0.717) is 6.10 Å². The summed E-state index contributed by atoms with van der Waals surface area (Å²) in [7, 11) is 0. The molecule has 0 N–H and O–H groups in total. The maximum Gasteiger partial charge on any atom is 0.0598 e. The molecule has 116 valence electrons. The molecule has 2 saturated heterocycles. The SMILES string of the molecule is CC.CC(C)C1CCCO1.CC(C)N1CCCCC1. The highest BCUT2D eigenvalue weighted by Gasteiger charge is 2.18. The number of rotatable bonds is 2. The van der Waals surface area contributed by atoms with E-state index >= 15 is 0 Å². The van der Waals surface area contributed by atoms with Gasteiger partial charge in [0.15, 0.2) is 0 Å². The minimum Gasteiger partial charge on any atom is -0.378 e. The normalized spacial score (nSPS) is 23.7. The molecule has 2 fully saturated rings. The molecule has 0 aromatic rings. The van der Waals surface area contributed by atoms with E-state index in [9.17, 15) is 0 Å². The lowest BCUT2D eigenvalue weighted by Crippen LogP contribution is -2.35. The van der Waals surface area contributed by atoms with Crippen LogP contribution in [0.2, 0.25) is 0 Å². The number of hydrogen-bond acceptors (Lipinski definition) is 2. The molecule has 1 atom stereocenters. The van der Waals surface area contributed by atoms with Crippen LogP contribution in [-0.2, 0) is 4.74 Å². The van der Waals surface area contributed by atoms with Crippen molar-refractivity contribution in [2.45, 2.75) is 85.8 Å². The van der Waals surface area contributed by atoms with Gasteiger partial charge in [0.05, 0.1) is 6.10 Å². The van der Waals surface area contributed by atoms with Crippen LogP contribution in [0.5, 0.6) is 0 Å². The first-order chi connectivity index (χ1) is 9.11. The maximum atomic E-state index is 5.41. The van der Waals surface area contributed by atoms with Gasteiger partial charge in [-0.05, 0) is 58.5 Å². The van der Waals surface area contributed by atoms with Crippen LogP contribution < -0.4 is 0 Å². The molecule has 2 aliphatic heterocycles. The Morgan fingerprint density at radius 1 is 0.895 bits per heavy atom. The predicted molar refractivity (Wildman–Crippen MR) is 85.7 cm³/mol. The Morgan fingerprint density at radius 3 is 1.74 bits per heavy atom. The first kappa shape index (κ1) is 18.9. The highest BCUT2D eigenvalue weighted by Crippen LogP contribution is 2.18. The van der Waals surface area contributed by atoms with Crippen LogP contribution in [0.15, 0.2) is 0 Å². The quantitative estimate of drug-likeness (QED) is 0.720. The first-order valence-electron chi connectivity index (χ1n) is 8.47. The maximum absolute atomic E-state index is 5.41. The summed E-state index contributed by atoms with van der Waals surface area (Å²) < 4.78 is 5.41. The van der Waals surface area contributed by atoms with Crippen LogP contribution in [0.1, 0.15) is 73.6 Å². The largest absolute Gasteiger partial charge is 0.378 e. The van der Waals surface area contributed by atoms with Gasteiger partial charge in [0.2, 0.25) is 0 Å². The summed E-state index contributed by atoms with van der Waals surface area (Å²) in [5, 5.41) is 0. The van der Waals surface area contributed by atoms with Crippen LogP contribution in [0.3, 0.4) is 0 Å². The molecule has 19 heavy (non-hydrogen) atoms. The third kappa shape index (κ3) is 8.65. The van der Waals surface area contributed by atoms with E-state index in [1.165, 1.54) is 45.2 Å². The number of hydrogen-bond donors (Lipinski definition) is 0. The number of likely N-dealkylation sites (tertiary alicyclic amines) is 1. The Hall–Kier alpha value is -0.0800. The Bertz CT molecular complexity index is 180. The predicted octanol–water partition coefficient (Wildman–Crippen LogP) is 4.73. The second kappa shape index (κ2) is 11.7. The van der Waals surface area contributed by atoms with Crippen molar-refractivity contribution in [2.75, 3.05) is 19.7 Å². The van der Waals surface area contributed by atoms with Crippen LogP contribution >= 0.6 is 0 Å². The Morgan fingerprint density at radius 2 is 1.47 bits per heavy atom. The summed E-state index contributed by atoms with van der Waals surface area (Å²) in [5.41, 5.74) is 0. The smallest absolute Gasteiger partial charge is 0.0598 e. The van der Waals surface area contributed by atoms with Gasteiger partial charge in [-0.15, -0.1) is 0 Å². The van der Waals surface area contributed by atoms with Gasteiger partial charge in [-0.3, -0.25) is 0 Å². The van der Waals surface area contributed by atoms with E-state index in [2.05, 4.69) is 32.6 Å². The summed E-state index contributed by atoms with van der Waals surface area (Å²) in [5.74, 6) is 0.720. The minimum atomic E-state index is 0.565. The molecule has 0 saturated carbocycles. The van der Waals surface area contributed by atoms with Gasteiger partial charge in [0, 0.05) is 12.6 Å². The van der Waals surface area contributed by atoms with Crippen molar-refractivity contribution in [3.05, 3.63) is 0 Å². The third-order valence-electron chi connectivity index (χ3n) is 3.83. The minimum absolute atomic E-state index is 0.565. The van der Waals surface area contributed by atoms with Gasteiger partial charge in [0.1, 0.15) is 0 Å². The van der Waals surface area contributed by atoms with E-state index < -0.39 is 0 Å². The van der Waals surface area contributed by atoms with Gasteiger partial charge in [-0.25, -0.2) is 0 Å². The zero-order valence-electron chi connectivity index (χ0n) is 14.2. The van der Waals surface area contributed by atoms with Crippen molar-refractivity contribution in [2.24, 2.45) is 5.92 Å². The van der Waals surface area contributed by atoms with Crippen molar-refractivity contribution < 1.29 is 4.74 Å². The van der Waals surface area contributed by atoms with Crippen LogP contribution in [0.25, 0.3) is 0 Å². The molecular weight excluding hydrogens is 234 g/mol. The topological polar surface area (TPSA) is 12.5 Å². The third-order valence-corrected chi connectivity index (χ3v) is 3.83. The van der Waals surface area contributed by atoms with E-state index in [-0.39, 0.29) is 0 Å². The van der Waals surface area contributed by atoms with Crippen LogP contribution in [0, 0.1) is 5.92 Å². The molecule has 0 aromatic heterocycles. The summed E-state index contributed by atoms with van der Waals surface area (Å²) in [6.07, 6.45) is 7.38. The van der Waals surface area contributed by atoms with E-state index in [0.717, 1.165) is 18.6 Å². The lowest BCUT2D eigenvalue weighted by molar-refractivity contribution is 0.0758. The average Bonchev–Trinajstić information content (AvgIpc) is 2.97. The summed E-state index contributed by atoms with van der Waals surface area (Å²) in [4.78, 5) is 2.56. The molecular formula is C17H37NO. The summed E-state index contributed by atoms with van der Waals surface area (Å²) in [6.45, 7) is 16.7. The molecule has 1 unspecified atom stereocenters. The van der Waals surface area contributed by atoms with Gasteiger partial charge in [0.25, 0.3) is 0 Å². The second-order valence-corrected chi connectivity index (χ2v) is 5.99. The van der Waals surface area contributed by atoms with Gasteiger partial charge in [-0.1, -0.05) is 34.1 Å². The zero-order valence-corrected chi connectivity index (χ0v) is 14.2. The fraction of sp³-hybridized carbons (Fsp3) is 1.00. The summed E-state index contributed by atoms with van der Waals surface area (Å²) >= 11 is 0. The second-order valence-electron chi connectivity index (χ2n) is 5.99. The Labute approximate surface area is 121 Å². The molecule has 2 rings (SSSR count). The molecule has 0 aromatic carbocycles. The van der Waals surface area contributed by atoms with E-state index in [1.54, 1.807) is 0 Å². The molecule has 2 aliphatic rings.